The van der Waals surface area contributed by atoms with Crippen molar-refractivity contribution in [2.75, 3.05) is 26.8 Å². The van der Waals surface area contributed by atoms with Gasteiger partial charge in [0.05, 0.1) is 20.3 Å². The van der Waals surface area contributed by atoms with Crippen LogP contribution in [0.15, 0.2) is 30.3 Å². The van der Waals surface area contributed by atoms with E-state index in [0.29, 0.717) is 32.1 Å². The third-order valence-corrected chi connectivity index (χ3v) is 4.62. The smallest absolute Gasteiger partial charge is 0.328 e. The Bertz CT molecular complexity index is 526. The topological polar surface area (TPSA) is 81.9 Å². The summed E-state index contributed by atoms with van der Waals surface area (Å²) in [5.74, 6) is -0.228. The number of hydrogen-bond donors (Lipinski definition) is 1. The first kappa shape index (κ1) is 19.4. The van der Waals surface area contributed by atoms with Gasteiger partial charge in [0.1, 0.15) is 6.04 Å². The van der Waals surface area contributed by atoms with Gasteiger partial charge in [-0.2, -0.15) is 0 Å². The molecule has 0 aliphatic carbocycles. The molecule has 0 aromatic heterocycles. The van der Waals surface area contributed by atoms with Crippen LogP contribution < -0.4 is 5.73 Å². The zero-order chi connectivity index (χ0) is 18.1. The first-order valence-corrected chi connectivity index (χ1v) is 8.84. The molecule has 0 saturated carbocycles. The van der Waals surface area contributed by atoms with Crippen LogP contribution in [0.25, 0.3) is 0 Å². The summed E-state index contributed by atoms with van der Waals surface area (Å²) in [6.45, 7) is 1.86. The van der Waals surface area contributed by atoms with Gasteiger partial charge in [-0.1, -0.05) is 36.8 Å². The third kappa shape index (κ3) is 5.83. The highest BCUT2D eigenvalue weighted by Crippen LogP contribution is 2.28. The molecule has 1 heterocycles. The predicted molar refractivity (Wildman–Crippen MR) is 94.6 cm³/mol. The minimum absolute atomic E-state index is 0.0759. The SMILES string of the molecule is COC(=O)C1CC(CCCCOCc2ccccc2)CN1C(=O)CN. The molecule has 2 unspecified atom stereocenters. The number of nitrogens with two attached hydrogens (primary N) is 1. The summed E-state index contributed by atoms with van der Waals surface area (Å²) in [5, 5.41) is 0. The molecule has 1 aliphatic heterocycles. The van der Waals surface area contributed by atoms with E-state index in [1.807, 2.05) is 18.2 Å². The number of rotatable bonds is 9. The molecule has 1 aromatic carbocycles. The average Bonchev–Trinajstić information content (AvgIpc) is 3.08. The lowest BCUT2D eigenvalue weighted by Gasteiger charge is -2.21. The maximum Gasteiger partial charge on any atom is 0.328 e. The average molecular weight is 348 g/mol. The Morgan fingerprint density at radius 3 is 2.68 bits per heavy atom. The fourth-order valence-corrected chi connectivity index (χ4v) is 3.29. The Morgan fingerprint density at radius 2 is 2.00 bits per heavy atom. The van der Waals surface area contributed by atoms with E-state index in [4.69, 9.17) is 15.2 Å². The number of carbonyl (C=O) groups is 2. The molecule has 0 spiro atoms. The molecule has 6 heteroatoms. The van der Waals surface area contributed by atoms with E-state index < -0.39 is 6.04 Å². The van der Waals surface area contributed by atoms with Gasteiger partial charge in [0.2, 0.25) is 5.91 Å². The lowest BCUT2D eigenvalue weighted by Crippen LogP contribution is -2.43. The Hall–Kier alpha value is -1.92. The molecular weight excluding hydrogens is 320 g/mol. The van der Waals surface area contributed by atoms with Crippen LogP contribution in [0.5, 0.6) is 0 Å². The van der Waals surface area contributed by atoms with Gasteiger partial charge in [-0.15, -0.1) is 0 Å². The quantitative estimate of drug-likeness (QED) is 0.543. The largest absolute Gasteiger partial charge is 0.467 e. The van der Waals surface area contributed by atoms with Gasteiger partial charge in [-0.3, -0.25) is 4.79 Å². The van der Waals surface area contributed by atoms with Crippen LogP contribution in [-0.2, 0) is 25.7 Å². The molecule has 0 bridgehead atoms. The minimum atomic E-state index is -0.486. The third-order valence-electron chi connectivity index (χ3n) is 4.62. The van der Waals surface area contributed by atoms with Crippen LogP contribution in [0, 0.1) is 5.92 Å². The number of ether oxygens (including phenoxy) is 2. The molecule has 2 rings (SSSR count). The molecule has 1 saturated heterocycles. The normalized spacial score (nSPS) is 19.8. The van der Waals surface area contributed by atoms with Crippen molar-refractivity contribution < 1.29 is 19.1 Å². The van der Waals surface area contributed by atoms with Gasteiger partial charge in [-0.25, -0.2) is 4.79 Å². The number of benzene rings is 1. The molecular formula is C19H28N2O4. The summed E-state index contributed by atoms with van der Waals surface area (Å²) < 4.78 is 10.5. The number of amides is 1. The zero-order valence-electron chi connectivity index (χ0n) is 14.9. The summed E-state index contributed by atoms with van der Waals surface area (Å²) in [6.07, 6.45) is 3.61. The van der Waals surface area contributed by atoms with Crippen molar-refractivity contribution in [3.8, 4) is 0 Å². The van der Waals surface area contributed by atoms with E-state index in [-0.39, 0.29) is 18.4 Å². The van der Waals surface area contributed by atoms with Gasteiger partial charge >= 0.3 is 5.97 Å². The van der Waals surface area contributed by atoms with E-state index in [9.17, 15) is 9.59 Å². The summed E-state index contributed by atoms with van der Waals surface area (Å²) >= 11 is 0. The first-order chi connectivity index (χ1) is 12.2. The van der Waals surface area contributed by atoms with Crippen molar-refractivity contribution in [2.24, 2.45) is 11.7 Å². The number of methoxy groups -OCH3 is 1. The fourth-order valence-electron chi connectivity index (χ4n) is 3.29. The van der Waals surface area contributed by atoms with E-state index in [1.165, 1.54) is 12.7 Å². The molecule has 2 atom stereocenters. The lowest BCUT2D eigenvalue weighted by atomic mass is 9.99. The van der Waals surface area contributed by atoms with Gasteiger partial charge in [0.25, 0.3) is 0 Å². The standard InChI is InChI=1S/C19H28N2O4/c1-24-19(23)17-11-16(13-21(17)18(22)12-20)9-5-6-10-25-14-15-7-3-2-4-8-15/h2-4,7-8,16-17H,5-6,9-14,20H2,1H3. The fraction of sp³-hybridized carbons (Fsp3) is 0.579. The second-order valence-electron chi connectivity index (χ2n) is 6.42. The highest BCUT2D eigenvalue weighted by Gasteiger charge is 2.39. The van der Waals surface area contributed by atoms with Crippen molar-refractivity contribution >= 4 is 11.9 Å². The first-order valence-electron chi connectivity index (χ1n) is 8.84. The zero-order valence-corrected chi connectivity index (χ0v) is 14.9. The predicted octanol–water partition coefficient (Wildman–Crippen LogP) is 1.72. The van der Waals surface area contributed by atoms with Gasteiger partial charge in [-0.05, 0) is 30.7 Å². The summed E-state index contributed by atoms with van der Waals surface area (Å²) in [6, 6.07) is 9.62. The lowest BCUT2D eigenvalue weighted by molar-refractivity contribution is -0.150. The second kappa shape index (κ2) is 10.2. The Kier molecular flexibility index (Phi) is 7.88. The maximum atomic E-state index is 11.9. The molecule has 0 radical (unpaired) electrons. The maximum absolute atomic E-state index is 11.9. The van der Waals surface area contributed by atoms with Gasteiger partial charge in [0, 0.05) is 13.2 Å². The highest BCUT2D eigenvalue weighted by molar-refractivity contribution is 5.86. The molecule has 1 aromatic rings. The summed E-state index contributed by atoms with van der Waals surface area (Å²) in [5.41, 5.74) is 6.62. The van der Waals surface area contributed by atoms with E-state index in [1.54, 1.807) is 4.90 Å². The molecule has 1 fully saturated rings. The summed E-state index contributed by atoms with van der Waals surface area (Å²) in [7, 11) is 1.35. The van der Waals surface area contributed by atoms with Crippen molar-refractivity contribution in [3.63, 3.8) is 0 Å². The van der Waals surface area contributed by atoms with Crippen molar-refractivity contribution in [2.45, 2.75) is 38.3 Å². The number of unbranched alkanes of at least 4 members (excludes halogenated alkanes) is 1. The van der Waals surface area contributed by atoms with Gasteiger partial charge < -0.3 is 20.1 Å². The van der Waals surface area contributed by atoms with E-state index >= 15 is 0 Å². The second-order valence-corrected chi connectivity index (χ2v) is 6.42. The monoisotopic (exact) mass is 348 g/mol. The van der Waals surface area contributed by atoms with Crippen LogP contribution >= 0.6 is 0 Å². The van der Waals surface area contributed by atoms with Crippen LogP contribution in [0.1, 0.15) is 31.2 Å². The van der Waals surface area contributed by atoms with Crippen LogP contribution in [0.3, 0.4) is 0 Å². The van der Waals surface area contributed by atoms with Crippen molar-refractivity contribution in [3.05, 3.63) is 35.9 Å². The highest BCUT2D eigenvalue weighted by atomic mass is 16.5. The van der Waals surface area contributed by atoms with Crippen molar-refractivity contribution in [1.82, 2.24) is 4.90 Å². The number of carbonyl (C=O) groups excluding carboxylic acids is 2. The van der Waals surface area contributed by atoms with Gasteiger partial charge in [0.15, 0.2) is 0 Å². The molecule has 6 nitrogen and oxygen atoms in total. The minimum Gasteiger partial charge on any atom is -0.467 e. The molecule has 1 aliphatic rings. The molecule has 1 amide bonds. The summed E-state index contributed by atoms with van der Waals surface area (Å²) in [4.78, 5) is 25.3. The molecule has 25 heavy (non-hydrogen) atoms. The molecule has 2 N–H and O–H groups in total. The Balaban J connectivity index is 1.67. The van der Waals surface area contributed by atoms with Crippen molar-refractivity contribution in [1.29, 1.82) is 0 Å². The Labute approximate surface area is 149 Å². The van der Waals surface area contributed by atoms with Crippen LogP contribution in [-0.4, -0.2) is 49.6 Å². The number of likely N-dealkylation sites (tertiary alicyclic amines) is 1. The number of esters is 1. The van der Waals surface area contributed by atoms with Crippen LogP contribution in [0.4, 0.5) is 0 Å². The number of hydrogen-bond acceptors (Lipinski definition) is 5. The van der Waals surface area contributed by atoms with E-state index in [0.717, 1.165) is 19.3 Å². The van der Waals surface area contributed by atoms with Crippen LogP contribution in [0.2, 0.25) is 0 Å². The van der Waals surface area contributed by atoms with E-state index in [2.05, 4.69) is 12.1 Å². The number of nitrogens with zero attached hydrogens (tertiary/aromatic N) is 1. The molecule has 138 valence electrons. The Morgan fingerprint density at radius 1 is 1.24 bits per heavy atom.